The molecule has 1 N–H and O–H groups in total. The molecule has 0 radical (unpaired) electrons. The fourth-order valence-corrected chi connectivity index (χ4v) is 3.85. The molecule has 1 nitrogen and oxygen atoms in total. The molecule has 2 heteroatoms. The largest absolute Gasteiger partial charge is 0.314 e. The van der Waals surface area contributed by atoms with Crippen molar-refractivity contribution < 1.29 is 0 Å². The topological polar surface area (TPSA) is 12.0 Å². The van der Waals surface area contributed by atoms with Crippen molar-refractivity contribution in [1.82, 2.24) is 5.32 Å². The first kappa shape index (κ1) is 8.89. The van der Waals surface area contributed by atoms with E-state index in [2.05, 4.69) is 24.0 Å². The van der Waals surface area contributed by atoms with Gasteiger partial charge in [-0.3, -0.25) is 0 Å². The predicted octanol–water partition coefficient (Wildman–Crippen LogP) is 2.27. The molecule has 0 aromatic heterocycles. The van der Waals surface area contributed by atoms with Crippen LogP contribution in [-0.2, 0) is 0 Å². The Hall–Kier alpha value is 0.310. The lowest BCUT2D eigenvalue weighted by atomic mass is 9.91. The van der Waals surface area contributed by atoms with E-state index in [0.717, 1.165) is 16.4 Å². The highest BCUT2D eigenvalue weighted by Crippen LogP contribution is 2.34. The van der Waals surface area contributed by atoms with Crippen LogP contribution in [0.4, 0.5) is 0 Å². The van der Waals surface area contributed by atoms with Crippen LogP contribution in [0.2, 0.25) is 0 Å². The van der Waals surface area contributed by atoms with Gasteiger partial charge in [-0.2, -0.15) is 11.8 Å². The molecular weight excluding hydrogens is 166 g/mol. The molecule has 2 aliphatic rings. The Morgan fingerprint density at radius 2 is 2.00 bits per heavy atom. The van der Waals surface area contributed by atoms with E-state index in [1.54, 1.807) is 0 Å². The van der Waals surface area contributed by atoms with E-state index in [1.165, 1.54) is 38.8 Å². The molecule has 2 unspecified atom stereocenters. The summed E-state index contributed by atoms with van der Waals surface area (Å²) in [7, 11) is 0. The second-order valence-electron chi connectivity index (χ2n) is 4.31. The zero-order valence-corrected chi connectivity index (χ0v) is 8.70. The second kappa shape index (κ2) is 4.01. The summed E-state index contributed by atoms with van der Waals surface area (Å²) in [5.41, 5.74) is 0. The van der Waals surface area contributed by atoms with E-state index in [4.69, 9.17) is 0 Å². The predicted molar refractivity (Wildman–Crippen MR) is 55.7 cm³/mol. The van der Waals surface area contributed by atoms with Gasteiger partial charge < -0.3 is 5.32 Å². The summed E-state index contributed by atoms with van der Waals surface area (Å²) in [5.74, 6) is 0.990. The lowest BCUT2D eigenvalue weighted by molar-refractivity contribution is 0.392. The molecule has 0 spiro atoms. The van der Waals surface area contributed by atoms with E-state index < -0.39 is 0 Å². The minimum Gasteiger partial charge on any atom is -0.314 e. The summed E-state index contributed by atoms with van der Waals surface area (Å²) < 4.78 is 0. The van der Waals surface area contributed by atoms with E-state index >= 15 is 0 Å². The third-order valence-electron chi connectivity index (χ3n) is 3.02. The molecule has 0 amide bonds. The lowest BCUT2D eigenvalue weighted by Crippen LogP contribution is -2.45. The zero-order valence-electron chi connectivity index (χ0n) is 7.88. The normalized spacial score (nSPS) is 37.8. The molecule has 1 heterocycles. The van der Waals surface area contributed by atoms with E-state index in [1.807, 2.05) is 0 Å². The number of thioether (sulfide) groups is 1. The van der Waals surface area contributed by atoms with Crippen LogP contribution >= 0.6 is 11.8 Å². The molecule has 1 saturated carbocycles. The molecule has 1 aliphatic heterocycles. The van der Waals surface area contributed by atoms with Crippen molar-refractivity contribution in [2.45, 2.75) is 43.1 Å². The van der Waals surface area contributed by atoms with Gasteiger partial charge in [-0.05, 0) is 18.8 Å². The maximum atomic E-state index is 3.34. The van der Waals surface area contributed by atoms with Crippen molar-refractivity contribution in [2.75, 3.05) is 13.1 Å². The van der Waals surface area contributed by atoms with Gasteiger partial charge in [0.05, 0.1) is 0 Å². The van der Waals surface area contributed by atoms with Gasteiger partial charge in [0, 0.05) is 23.6 Å². The Balaban J connectivity index is 1.71. The fourth-order valence-electron chi connectivity index (χ4n) is 2.13. The molecule has 12 heavy (non-hydrogen) atoms. The van der Waals surface area contributed by atoms with Gasteiger partial charge in [0.15, 0.2) is 0 Å². The maximum absolute atomic E-state index is 3.34. The Bertz CT molecular complexity index is 145. The average molecular weight is 185 g/mol. The van der Waals surface area contributed by atoms with E-state index in [9.17, 15) is 0 Å². The third-order valence-corrected chi connectivity index (χ3v) is 4.55. The Morgan fingerprint density at radius 1 is 1.17 bits per heavy atom. The van der Waals surface area contributed by atoms with Crippen molar-refractivity contribution in [2.24, 2.45) is 5.92 Å². The monoisotopic (exact) mass is 185 g/mol. The van der Waals surface area contributed by atoms with Crippen molar-refractivity contribution >= 4 is 11.8 Å². The molecule has 70 valence electrons. The molecular formula is C10H19NS. The van der Waals surface area contributed by atoms with Crippen LogP contribution in [0.15, 0.2) is 0 Å². The number of hydrogen-bond acceptors (Lipinski definition) is 2. The fraction of sp³-hybridized carbons (Fsp3) is 1.00. The average Bonchev–Trinajstić information content (AvgIpc) is 1.97. The van der Waals surface area contributed by atoms with Crippen molar-refractivity contribution in [1.29, 1.82) is 0 Å². The van der Waals surface area contributed by atoms with E-state index in [0.29, 0.717) is 0 Å². The number of nitrogens with one attached hydrogen (secondary N) is 1. The summed E-state index contributed by atoms with van der Waals surface area (Å²) in [6.07, 6.45) is 5.89. The molecule has 1 saturated heterocycles. The summed E-state index contributed by atoms with van der Waals surface area (Å²) >= 11 is 2.25. The van der Waals surface area contributed by atoms with Crippen LogP contribution in [0, 0.1) is 5.92 Å². The zero-order chi connectivity index (χ0) is 8.39. The minimum absolute atomic E-state index is 0.945. The van der Waals surface area contributed by atoms with E-state index in [-0.39, 0.29) is 0 Å². The first-order valence-corrected chi connectivity index (χ1v) is 6.15. The van der Waals surface area contributed by atoms with Gasteiger partial charge in [-0.15, -0.1) is 0 Å². The van der Waals surface area contributed by atoms with Gasteiger partial charge in [0.25, 0.3) is 0 Å². The maximum Gasteiger partial charge on any atom is 0.0300 e. The Morgan fingerprint density at radius 3 is 2.58 bits per heavy atom. The first-order chi connectivity index (χ1) is 5.84. The van der Waals surface area contributed by atoms with Crippen LogP contribution in [0.5, 0.6) is 0 Å². The van der Waals surface area contributed by atoms with Gasteiger partial charge >= 0.3 is 0 Å². The Labute approximate surface area is 79.7 Å². The number of hydrogen-bond donors (Lipinski definition) is 1. The van der Waals surface area contributed by atoms with Gasteiger partial charge in [0.2, 0.25) is 0 Å². The second-order valence-corrected chi connectivity index (χ2v) is 5.92. The van der Waals surface area contributed by atoms with Crippen LogP contribution < -0.4 is 5.32 Å². The van der Waals surface area contributed by atoms with Gasteiger partial charge in [-0.1, -0.05) is 19.8 Å². The van der Waals surface area contributed by atoms with Gasteiger partial charge in [0.1, 0.15) is 0 Å². The molecule has 1 aliphatic carbocycles. The smallest absolute Gasteiger partial charge is 0.0300 e. The third kappa shape index (κ3) is 2.17. The molecule has 2 atom stereocenters. The standard InChI is InChI=1S/C10H19NS/c1-8-3-2-4-9(5-8)12-10-6-11-7-10/h8-11H,2-7H2,1H3. The van der Waals surface area contributed by atoms with Crippen LogP contribution in [0.3, 0.4) is 0 Å². The summed E-state index contributed by atoms with van der Waals surface area (Å²) in [6, 6.07) is 0. The summed E-state index contributed by atoms with van der Waals surface area (Å²) in [5, 5.41) is 5.27. The Kier molecular flexibility index (Phi) is 2.97. The van der Waals surface area contributed by atoms with Gasteiger partial charge in [-0.25, -0.2) is 0 Å². The highest BCUT2D eigenvalue weighted by atomic mass is 32.2. The molecule has 0 aromatic carbocycles. The summed E-state index contributed by atoms with van der Waals surface area (Å²) in [4.78, 5) is 0. The van der Waals surface area contributed by atoms with Crippen LogP contribution in [0.25, 0.3) is 0 Å². The SMILES string of the molecule is CC1CCCC(SC2CNC2)C1. The van der Waals surface area contributed by atoms with Crippen molar-refractivity contribution in [3.63, 3.8) is 0 Å². The van der Waals surface area contributed by atoms with Crippen LogP contribution in [-0.4, -0.2) is 23.6 Å². The van der Waals surface area contributed by atoms with Crippen LogP contribution in [0.1, 0.15) is 32.6 Å². The molecule has 0 aromatic rings. The quantitative estimate of drug-likeness (QED) is 0.708. The first-order valence-electron chi connectivity index (χ1n) is 5.21. The van der Waals surface area contributed by atoms with Crippen molar-refractivity contribution in [3.05, 3.63) is 0 Å². The molecule has 2 rings (SSSR count). The lowest BCUT2D eigenvalue weighted by Gasteiger charge is -2.33. The minimum atomic E-state index is 0.945. The molecule has 2 fully saturated rings. The molecule has 0 bridgehead atoms. The number of rotatable bonds is 2. The highest BCUT2D eigenvalue weighted by molar-refractivity contribution is 8.00. The van der Waals surface area contributed by atoms with Crippen molar-refractivity contribution in [3.8, 4) is 0 Å². The summed E-state index contributed by atoms with van der Waals surface area (Å²) in [6.45, 7) is 4.93. The highest BCUT2D eigenvalue weighted by Gasteiger charge is 2.25.